The molecule has 3 aromatic carbocycles. The van der Waals surface area contributed by atoms with Gasteiger partial charge in [-0.1, -0.05) is 42.8 Å². The number of nitrogens with zero attached hydrogens (tertiary/aromatic N) is 1. The smallest absolute Gasteiger partial charge is 0.354 e. The second-order valence-electron chi connectivity index (χ2n) is 9.56. The van der Waals surface area contributed by atoms with Crippen LogP contribution in [0.1, 0.15) is 37.7 Å². The van der Waals surface area contributed by atoms with E-state index in [4.69, 9.17) is 9.15 Å². The van der Waals surface area contributed by atoms with Gasteiger partial charge in [0.05, 0.1) is 0 Å². The minimum Gasteiger partial charge on any atom is -0.426 e. The van der Waals surface area contributed by atoms with Gasteiger partial charge in [0.2, 0.25) is 0 Å². The maximum absolute atomic E-state index is 12.7. The molecule has 2 aliphatic carbocycles. The van der Waals surface area contributed by atoms with Crippen LogP contribution in [-0.2, 0) is 4.79 Å². The third kappa shape index (κ3) is 3.47. The Morgan fingerprint density at radius 2 is 1.85 bits per heavy atom. The number of hydrogen-bond donors (Lipinski definition) is 0. The summed E-state index contributed by atoms with van der Waals surface area (Å²) in [6.45, 7) is 0. The Bertz CT molecular complexity index is 1530. The number of benzene rings is 3. The minimum absolute atomic E-state index is 0.00999. The summed E-state index contributed by atoms with van der Waals surface area (Å²) in [5, 5.41) is 11.8. The molecule has 0 spiro atoms. The Kier molecular flexibility index (Phi) is 4.95. The SMILES string of the molecule is N#Cc1c(-c2ccccc2)c2ccc3cc(OC(=O)C[C@@H]4C[C@H]5CC[C@@H]4C5)ccc3c2oc1=O. The van der Waals surface area contributed by atoms with E-state index in [9.17, 15) is 14.9 Å². The first kappa shape index (κ1) is 20.7. The number of fused-ring (bicyclic) bond motifs is 5. The molecule has 2 bridgehead atoms. The van der Waals surface area contributed by atoms with Gasteiger partial charge >= 0.3 is 11.6 Å². The topological polar surface area (TPSA) is 80.3 Å². The highest BCUT2D eigenvalue weighted by atomic mass is 16.5. The molecule has 1 aromatic heterocycles. The molecular weight excluding hydrogens is 426 g/mol. The maximum Gasteiger partial charge on any atom is 0.354 e. The lowest BCUT2D eigenvalue weighted by Crippen LogP contribution is -2.18. The first-order valence-corrected chi connectivity index (χ1v) is 11.8. The lowest BCUT2D eigenvalue weighted by atomic mass is 9.86. The van der Waals surface area contributed by atoms with Gasteiger partial charge in [-0.3, -0.25) is 4.79 Å². The molecule has 0 aliphatic heterocycles. The van der Waals surface area contributed by atoms with Gasteiger partial charge < -0.3 is 9.15 Å². The zero-order valence-electron chi connectivity index (χ0n) is 18.6. The van der Waals surface area contributed by atoms with Crippen molar-refractivity contribution < 1.29 is 13.9 Å². The number of carbonyl (C=O) groups excluding carboxylic acids is 1. The molecule has 4 aromatic rings. The van der Waals surface area contributed by atoms with Crippen molar-refractivity contribution in [3.63, 3.8) is 0 Å². The minimum atomic E-state index is -0.664. The van der Waals surface area contributed by atoms with E-state index in [0.717, 1.165) is 28.7 Å². The van der Waals surface area contributed by atoms with Crippen LogP contribution >= 0.6 is 0 Å². The highest BCUT2D eigenvalue weighted by molar-refractivity contribution is 6.10. The van der Waals surface area contributed by atoms with Crippen LogP contribution in [0.5, 0.6) is 5.75 Å². The average molecular weight is 450 g/mol. The van der Waals surface area contributed by atoms with Crippen molar-refractivity contribution in [2.75, 3.05) is 0 Å². The van der Waals surface area contributed by atoms with Crippen molar-refractivity contribution in [1.29, 1.82) is 5.26 Å². The molecule has 0 radical (unpaired) electrons. The van der Waals surface area contributed by atoms with Crippen LogP contribution in [0.2, 0.25) is 0 Å². The van der Waals surface area contributed by atoms with E-state index in [2.05, 4.69) is 0 Å². The van der Waals surface area contributed by atoms with Crippen molar-refractivity contribution in [1.82, 2.24) is 0 Å². The van der Waals surface area contributed by atoms with Crippen molar-refractivity contribution in [2.24, 2.45) is 17.8 Å². The molecule has 5 nitrogen and oxygen atoms in total. The Balaban J connectivity index is 1.36. The van der Waals surface area contributed by atoms with Crippen LogP contribution in [0, 0.1) is 29.1 Å². The van der Waals surface area contributed by atoms with Gasteiger partial charge in [0.15, 0.2) is 0 Å². The van der Waals surface area contributed by atoms with Gasteiger partial charge in [-0.25, -0.2) is 4.79 Å². The normalized spacial score (nSPS) is 21.1. The van der Waals surface area contributed by atoms with Crippen LogP contribution in [0.4, 0.5) is 0 Å². The second kappa shape index (κ2) is 8.14. The van der Waals surface area contributed by atoms with Crippen LogP contribution in [0.25, 0.3) is 32.9 Å². The van der Waals surface area contributed by atoms with E-state index < -0.39 is 5.63 Å². The molecule has 0 N–H and O–H groups in total. The molecule has 1 heterocycles. The van der Waals surface area contributed by atoms with Gasteiger partial charge in [0.25, 0.3) is 0 Å². The molecule has 34 heavy (non-hydrogen) atoms. The Morgan fingerprint density at radius 1 is 1.03 bits per heavy atom. The number of esters is 1. The molecule has 0 unspecified atom stereocenters. The number of carbonyl (C=O) groups is 1. The summed E-state index contributed by atoms with van der Waals surface area (Å²) in [7, 11) is 0. The summed E-state index contributed by atoms with van der Waals surface area (Å²) in [5.74, 6) is 2.23. The fourth-order valence-electron chi connectivity index (χ4n) is 6.05. The van der Waals surface area contributed by atoms with Crippen LogP contribution in [-0.4, -0.2) is 5.97 Å². The highest BCUT2D eigenvalue weighted by Crippen LogP contribution is 2.49. The largest absolute Gasteiger partial charge is 0.426 e. The monoisotopic (exact) mass is 449 g/mol. The number of ether oxygens (including phenoxy) is 1. The summed E-state index contributed by atoms with van der Waals surface area (Å²) in [4.78, 5) is 25.3. The first-order chi connectivity index (χ1) is 16.6. The Labute approximate surface area is 196 Å². The zero-order chi connectivity index (χ0) is 23.2. The molecule has 168 valence electrons. The summed E-state index contributed by atoms with van der Waals surface area (Å²) < 4.78 is 11.3. The Hall–Kier alpha value is -3.91. The van der Waals surface area contributed by atoms with E-state index >= 15 is 0 Å². The fraction of sp³-hybridized carbons (Fsp3) is 0.276. The van der Waals surface area contributed by atoms with Crippen LogP contribution in [0.3, 0.4) is 0 Å². The van der Waals surface area contributed by atoms with E-state index in [1.54, 1.807) is 12.1 Å². The van der Waals surface area contributed by atoms with Crippen LogP contribution in [0.15, 0.2) is 69.9 Å². The van der Waals surface area contributed by atoms with E-state index in [-0.39, 0.29) is 11.5 Å². The van der Waals surface area contributed by atoms with Crippen molar-refractivity contribution in [3.05, 3.63) is 76.6 Å². The Morgan fingerprint density at radius 3 is 2.59 bits per heavy atom. The molecule has 2 aliphatic rings. The van der Waals surface area contributed by atoms with Crippen LogP contribution < -0.4 is 10.4 Å². The van der Waals surface area contributed by atoms with Gasteiger partial charge in [-0.2, -0.15) is 5.26 Å². The third-order valence-electron chi connectivity index (χ3n) is 7.58. The number of nitriles is 1. The molecule has 2 fully saturated rings. The lowest BCUT2D eigenvalue weighted by Gasteiger charge is -2.20. The summed E-state index contributed by atoms with van der Waals surface area (Å²) in [6, 6.07) is 20.5. The predicted molar refractivity (Wildman–Crippen MR) is 129 cm³/mol. The van der Waals surface area contributed by atoms with E-state index in [0.29, 0.717) is 40.5 Å². The maximum atomic E-state index is 12.7. The first-order valence-electron chi connectivity index (χ1n) is 11.8. The van der Waals surface area contributed by atoms with E-state index in [1.807, 2.05) is 54.6 Å². The molecular formula is C29H23NO4. The quantitative estimate of drug-likeness (QED) is 0.160. The standard InChI is InChI=1S/C29H23NO4/c30-16-25-27(18-4-2-1-3-5-18)24-10-8-20-14-22(9-11-23(20)28(24)34-29(25)32)33-26(31)15-21-13-17-6-7-19(21)12-17/h1-5,8-11,14,17,19,21H,6-7,12-13,15H2/t17-,19+,21-/m0/s1. The van der Waals surface area contributed by atoms with Crippen molar-refractivity contribution in [2.45, 2.75) is 32.1 Å². The van der Waals surface area contributed by atoms with E-state index in [1.165, 1.54) is 19.3 Å². The summed E-state index contributed by atoms with van der Waals surface area (Å²) >= 11 is 0. The van der Waals surface area contributed by atoms with Crippen molar-refractivity contribution >= 4 is 27.7 Å². The lowest BCUT2D eigenvalue weighted by molar-refractivity contribution is -0.135. The van der Waals surface area contributed by atoms with Gasteiger partial charge in [0.1, 0.15) is 23.0 Å². The van der Waals surface area contributed by atoms with Crippen molar-refractivity contribution in [3.8, 4) is 22.9 Å². The molecule has 5 heteroatoms. The second-order valence-corrected chi connectivity index (χ2v) is 9.56. The summed E-state index contributed by atoms with van der Waals surface area (Å²) in [6.07, 6.45) is 5.45. The fourth-order valence-corrected chi connectivity index (χ4v) is 6.05. The highest BCUT2D eigenvalue weighted by Gasteiger charge is 2.40. The predicted octanol–water partition coefficient (Wildman–Crippen LogP) is 6.22. The average Bonchev–Trinajstić information content (AvgIpc) is 3.47. The number of hydrogen-bond acceptors (Lipinski definition) is 5. The van der Waals surface area contributed by atoms with Gasteiger partial charge in [-0.15, -0.1) is 0 Å². The summed E-state index contributed by atoms with van der Waals surface area (Å²) in [5.41, 5.74) is 1.09. The molecule has 0 saturated heterocycles. The zero-order valence-corrected chi connectivity index (χ0v) is 18.6. The van der Waals surface area contributed by atoms with Gasteiger partial charge in [-0.05, 0) is 72.2 Å². The third-order valence-corrected chi connectivity index (χ3v) is 7.58. The molecule has 2 saturated carbocycles. The molecule has 3 atom stereocenters. The molecule has 0 amide bonds. The molecule has 6 rings (SSSR count). The number of rotatable bonds is 4. The van der Waals surface area contributed by atoms with Gasteiger partial charge in [0, 0.05) is 22.8 Å².